The number of hydrazone groups is 1. The Morgan fingerprint density at radius 1 is 0.973 bits per heavy atom. The highest BCUT2D eigenvalue weighted by Crippen LogP contribution is 2.40. The van der Waals surface area contributed by atoms with E-state index in [1.165, 1.54) is 5.01 Å². The number of halogens is 1. The number of amides is 1. The van der Waals surface area contributed by atoms with Crippen molar-refractivity contribution >= 4 is 44.4 Å². The van der Waals surface area contributed by atoms with Crippen LogP contribution in [0.1, 0.15) is 47.7 Å². The van der Waals surface area contributed by atoms with E-state index < -0.39 is 5.97 Å². The third kappa shape index (κ3) is 5.04. The molecule has 3 aromatic carbocycles. The summed E-state index contributed by atoms with van der Waals surface area (Å²) in [5, 5.41) is 16.5. The molecule has 0 bridgehead atoms. The van der Waals surface area contributed by atoms with Gasteiger partial charge in [0.15, 0.2) is 0 Å². The highest BCUT2D eigenvalue weighted by Gasteiger charge is 2.35. The predicted octanol–water partition coefficient (Wildman–Crippen LogP) is 6.82. The first-order valence-corrected chi connectivity index (χ1v) is 12.9. The second kappa shape index (κ2) is 10.3. The first kappa shape index (κ1) is 24.8. The molecule has 1 N–H and O–H groups in total. The fraction of sp³-hybridized carbons (Fsp3) is 0.200. The molecule has 5 rings (SSSR count). The van der Waals surface area contributed by atoms with Crippen LogP contribution in [0.25, 0.3) is 22.0 Å². The summed E-state index contributed by atoms with van der Waals surface area (Å²) in [6.07, 6.45) is 0.141. The van der Waals surface area contributed by atoms with Gasteiger partial charge < -0.3 is 5.11 Å². The van der Waals surface area contributed by atoms with E-state index in [4.69, 9.17) is 15.2 Å². The number of benzene rings is 3. The van der Waals surface area contributed by atoms with Crippen LogP contribution in [0.4, 0.5) is 0 Å². The first-order chi connectivity index (χ1) is 17.8. The number of carbonyl (C=O) groups excluding carboxylic acids is 1. The molecular weight excluding hydrogens is 530 g/mol. The van der Waals surface area contributed by atoms with Gasteiger partial charge in [-0.05, 0) is 49.2 Å². The predicted molar refractivity (Wildman–Crippen MR) is 148 cm³/mol. The molecule has 7 heteroatoms. The van der Waals surface area contributed by atoms with E-state index in [1.807, 2.05) is 55.5 Å². The Morgan fingerprint density at radius 2 is 1.76 bits per heavy atom. The molecule has 0 saturated carbocycles. The van der Waals surface area contributed by atoms with Gasteiger partial charge in [0.1, 0.15) is 0 Å². The van der Waals surface area contributed by atoms with Crippen molar-refractivity contribution in [2.45, 2.75) is 39.2 Å². The van der Waals surface area contributed by atoms with Crippen LogP contribution < -0.4 is 0 Å². The number of nitrogens with zero attached hydrogens (tertiary/aromatic N) is 3. The number of rotatable bonds is 6. The van der Waals surface area contributed by atoms with Gasteiger partial charge >= 0.3 is 5.97 Å². The fourth-order valence-electron chi connectivity index (χ4n) is 4.95. The maximum absolute atomic E-state index is 13.2. The topological polar surface area (TPSA) is 82.9 Å². The molecule has 0 spiro atoms. The van der Waals surface area contributed by atoms with Crippen molar-refractivity contribution in [3.8, 4) is 11.1 Å². The van der Waals surface area contributed by atoms with E-state index >= 15 is 0 Å². The normalized spacial score (nSPS) is 15.2. The number of aryl methyl sites for hydroxylation is 2. The highest BCUT2D eigenvalue weighted by atomic mass is 79.9. The van der Waals surface area contributed by atoms with Gasteiger partial charge in [-0.15, -0.1) is 0 Å². The molecular formula is C30H26BrN3O3. The molecule has 37 heavy (non-hydrogen) atoms. The van der Waals surface area contributed by atoms with Crippen LogP contribution in [0.5, 0.6) is 0 Å². The smallest absolute Gasteiger partial charge is 0.303 e. The average molecular weight is 556 g/mol. The van der Waals surface area contributed by atoms with Crippen LogP contribution in [0.2, 0.25) is 0 Å². The lowest BCUT2D eigenvalue weighted by Crippen LogP contribution is -2.27. The third-order valence-corrected chi connectivity index (χ3v) is 7.12. The summed E-state index contributed by atoms with van der Waals surface area (Å²) in [6, 6.07) is 23.9. The molecule has 2 heterocycles. The number of carboxylic acids is 1. The van der Waals surface area contributed by atoms with E-state index in [0.717, 1.165) is 54.6 Å². The summed E-state index contributed by atoms with van der Waals surface area (Å²) in [5.74, 6) is -1.32. The molecule has 0 saturated heterocycles. The van der Waals surface area contributed by atoms with Crippen molar-refractivity contribution in [1.29, 1.82) is 0 Å². The Labute approximate surface area is 223 Å². The summed E-state index contributed by atoms with van der Waals surface area (Å²) in [5.41, 5.74) is 7.57. The molecule has 1 aliphatic rings. The van der Waals surface area contributed by atoms with Gasteiger partial charge in [-0.3, -0.25) is 14.6 Å². The largest absolute Gasteiger partial charge is 0.481 e. The minimum atomic E-state index is -1.01. The number of hydrogen-bond acceptors (Lipinski definition) is 4. The molecule has 0 fully saturated rings. The highest BCUT2D eigenvalue weighted by molar-refractivity contribution is 9.10. The number of carbonyl (C=O) groups is 2. The molecule has 4 aromatic rings. The lowest BCUT2D eigenvalue weighted by atomic mass is 9.89. The molecule has 0 radical (unpaired) electrons. The SMILES string of the molecule is Cc1ccc2nc(C)c(C3=NN(C(=O)CCC(=O)O)[C@@H](c4cccc(Br)c4)C3)c(-c3ccccc3)c2c1. The summed E-state index contributed by atoms with van der Waals surface area (Å²) in [7, 11) is 0. The van der Waals surface area contributed by atoms with E-state index in [2.05, 4.69) is 47.1 Å². The Kier molecular flexibility index (Phi) is 6.89. The van der Waals surface area contributed by atoms with Crippen LogP contribution >= 0.6 is 15.9 Å². The van der Waals surface area contributed by atoms with Crippen molar-refractivity contribution in [1.82, 2.24) is 9.99 Å². The lowest BCUT2D eigenvalue weighted by molar-refractivity contribution is -0.141. The minimum absolute atomic E-state index is 0.115. The Bertz CT molecular complexity index is 1550. The third-order valence-electron chi connectivity index (χ3n) is 6.62. The molecule has 1 aliphatic heterocycles. The van der Waals surface area contributed by atoms with Gasteiger partial charge in [-0.1, -0.05) is 70.0 Å². The first-order valence-electron chi connectivity index (χ1n) is 12.2. The van der Waals surface area contributed by atoms with Crippen LogP contribution in [-0.2, 0) is 9.59 Å². The monoisotopic (exact) mass is 555 g/mol. The number of aliphatic carboxylic acids is 1. The molecule has 1 amide bonds. The molecule has 6 nitrogen and oxygen atoms in total. The number of hydrogen-bond donors (Lipinski definition) is 1. The maximum atomic E-state index is 13.2. The van der Waals surface area contributed by atoms with Crippen molar-refractivity contribution in [3.05, 3.63) is 99.7 Å². The molecule has 0 aliphatic carbocycles. The van der Waals surface area contributed by atoms with Crippen LogP contribution in [0.3, 0.4) is 0 Å². The second-order valence-electron chi connectivity index (χ2n) is 9.29. The van der Waals surface area contributed by atoms with E-state index in [9.17, 15) is 9.59 Å². The number of carboxylic acid groups (broad SMARTS) is 1. The summed E-state index contributed by atoms with van der Waals surface area (Å²) in [6.45, 7) is 4.04. The second-order valence-corrected chi connectivity index (χ2v) is 10.2. The van der Waals surface area contributed by atoms with Crippen LogP contribution in [0, 0.1) is 13.8 Å². The molecule has 0 unspecified atom stereocenters. The van der Waals surface area contributed by atoms with E-state index in [1.54, 1.807) is 0 Å². The van der Waals surface area contributed by atoms with Gasteiger partial charge in [0, 0.05) is 39.5 Å². The van der Waals surface area contributed by atoms with Gasteiger partial charge in [0.25, 0.3) is 0 Å². The Morgan fingerprint density at radius 3 is 2.49 bits per heavy atom. The van der Waals surface area contributed by atoms with Crippen LogP contribution in [-0.4, -0.2) is 32.7 Å². The molecule has 1 atom stereocenters. The number of aromatic nitrogens is 1. The van der Waals surface area contributed by atoms with Gasteiger partial charge in [0.05, 0.1) is 23.7 Å². The van der Waals surface area contributed by atoms with Crippen molar-refractivity contribution in [2.24, 2.45) is 5.10 Å². The van der Waals surface area contributed by atoms with E-state index in [0.29, 0.717) is 6.42 Å². The molecule has 1 aromatic heterocycles. The van der Waals surface area contributed by atoms with Crippen LogP contribution in [0.15, 0.2) is 82.4 Å². The fourth-order valence-corrected chi connectivity index (χ4v) is 5.37. The van der Waals surface area contributed by atoms with E-state index in [-0.39, 0.29) is 24.8 Å². The number of fused-ring (bicyclic) bond motifs is 1. The average Bonchev–Trinajstić information content (AvgIpc) is 3.32. The quantitative estimate of drug-likeness (QED) is 0.283. The number of pyridine rings is 1. The maximum Gasteiger partial charge on any atom is 0.303 e. The van der Waals surface area contributed by atoms with Gasteiger partial charge in [0.2, 0.25) is 5.91 Å². The van der Waals surface area contributed by atoms with Gasteiger partial charge in [-0.25, -0.2) is 5.01 Å². The molecule has 186 valence electrons. The Hall–Kier alpha value is -3.84. The van der Waals surface area contributed by atoms with Crippen molar-refractivity contribution in [2.75, 3.05) is 0 Å². The minimum Gasteiger partial charge on any atom is -0.481 e. The zero-order chi connectivity index (χ0) is 26.1. The van der Waals surface area contributed by atoms with Crippen molar-refractivity contribution in [3.63, 3.8) is 0 Å². The lowest BCUT2D eigenvalue weighted by Gasteiger charge is -2.22. The Balaban J connectivity index is 1.69. The van der Waals surface area contributed by atoms with Crippen molar-refractivity contribution < 1.29 is 14.7 Å². The standard InChI is InChI=1S/C30H26BrN3O3/c1-18-11-12-24-23(15-18)30(20-7-4-3-5-8-20)29(19(2)32-24)25-17-26(21-9-6-10-22(31)16-21)34(33-25)27(35)13-14-28(36)37/h3-12,15-16,26H,13-14,17H2,1-2H3,(H,36,37)/t26-/m1/s1. The zero-order valence-electron chi connectivity index (χ0n) is 20.6. The summed E-state index contributed by atoms with van der Waals surface area (Å²) in [4.78, 5) is 29.3. The van der Waals surface area contributed by atoms with Gasteiger partial charge in [-0.2, -0.15) is 5.10 Å². The summed E-state index contributed by atoms with van der Waals surface area (Å²) >= 11 is 3.54. The zero-order valence-corrected chi connectivity index (χ0v) is 22.2. The summed E-state index contributed by atoms with van der Waals surface area (Å²) < 4.78 is 0.903.